The average Bonchev–Trinajstić information content (AvgIpc) is 2.62. The van der Waals surface area contributed by atoms with E-state index in [0.29, 0.717) is 6.54 Å². The van der Waals surface area contributed by atoms with Crippen molar-refractivity contribution < 1.29 is 14.3 Å². The summed E-state index contributed by atoms with van der Waals surface area (Å²) in [6, 6.07) is 16.1. The molecule has 2 aromatic carbocycles. The third-order valence-electron chi connectivity index (χ3n) is 3.01. The van der Waals surface area contributed by atoms with Gasteiger partial charge < -0.3 is 14.8 Å². The van der Waals surface area contributed by atoms with Gasteiger partial charge in [0.05, 0.1) is 7.11 Å². The van der Waals surface area contributed by atoms with Gasteiger partial charge in [-0.3, -0.25) is 4.79 Å². The molecule has 0 unspecified atom stereocenters. The molecule has 4 heteroatoms. The maximum atomic E-state index is 11.0. The van der Waals surface area contributed by atoms with E-state index in [1.165, 1.54) is 11.6 Å². The Labute approximate surface area is 144 Å². The van der Waals surface area contributed by atoms with E-state index in [1.807, 2.05) is 50.1 Å². The predicted octanol–water partition coefficient (Wildman–Crippen LogP) is 3.62. The Morgan fingerprint density at radius 3 is 2.17 bits per heavy atom. The summed E-state index contributed by atoms with van der Waals surface area (Å²) in [5.74, 6) is 0.600. The molecule has 0 bridgehead atoms. The second-order valence-corrected chi connectivity index (χ2v) is 4.89. The first-order valence-electron chi connectivity index (χ1n) is 7.41. The van der Waals surface area contributed by atoms with Gasteiger partial charge in [-0.15, -0.1) is 0 Å². The highest BCUT2D eigenvalue weighted by Crippen LogP contribution is 2.19. The minimum absolute atomic E-state index is 0.182. The molecule has 4 nitrogen and oxygen atoms in total. The molecule has 0 radical (unpaired) electrons. The first-order valence-corrected chi connectivity index (χ1v) is 7.41. The summed E-state index contributed by atoms with van der Waals surface area (Å²) < 4.78 is 5.19. The first kappa shape index (κ1) is 21.1. The Kier molecular flexibility index (Phi) is 11.1. The quantitative estimate of drug-likeness (QED) is 0.873. The van der Waals surface area contributed by atoms with Gasteiger partial charge in [-0.1, -0.05) is 60.2 Å². The fraction of sp³-hybridized carbons (Fsp3) is 0.200. The Balaban J connectivity index is 0.000000488. The van der Waals surface area contributed by atoms with E-state index in [9.17, 15) is 4.79 Å². The zero-order chi connectivity index (χ0) is 18.4. The van der Waals surface area contributed by atoms with E-state index in [2.05, 4.69) is 31.0 Å². The summed E-state index contributed by atoms with van der Waals surface area (Å²) in [5.41, 5.74) is 3.42. The molecule has 0 aromatic heterocycles. The van der Waals surface area contributed by atoms with E-state index in [4.69, 9.17) is 9.53 Å². The first-order chi connectivity index (χ1) is 11.6. The van der Waals surface area contributed by atoms with Crippen LogP contribution in [0, 0.1) is 13.8 Å². The number of rotatable bonds is 4. The van der Waals surface area contributed by atoms with Gasteiger partial charge >= 0.3 is 0 Å². The van der Waals surface area contributed by atoms with Crippen molar-refractivity contribution in [2.75, 3.05) is 7.11 Å². The highest BCUT2D eigenvalue weighted by molar-refractivity contribution is 5.86. The number of ether oxygens (including phenoxy) is 1. The smallest absolute Gasteiger partial charge is 0.243 e. The van der Waals surface area contributed by atoms with Gasteiger partial charge in [0.2, 0.25) is 5.91 Å². The van der Waals surface area contributed by atoms with Crippen molar-refractivity contribution in [3.8, 4) is 5.75 Å². The van der Waals surface area contributed by atoms with Crippen LogP contribution in [-0.2, 0) is 16.1 Å². The number of aryl methyl sites for hydroxylation is 2. The van der Waals surface area contributed by atoms with Crippen LogP contribution in [-0.4, -0.2) is 19.8 Å². The summed E-state index contributed by atoms with van der Waals surface area (Å²) in [4.78, 5) is 19.0. The molecule has 0 aliphatic rings. The van der Waals surface area contributed by atoms with Crippen LogP contribution in [0.15, 0.2) is 61.2 Å². The lowest BCUT2D eigenvalue weighted by molar-refractivity contribution is -0.116. The van der Waals surface area contributed by atoms with Gasteiger partial charge in [0.1, 0.15) is 12.5 Å². The van der Waals surface area contributed by atoms with E-state index in [-0.39, 0.29) is 5.91 Å². The van der Waals surface area contributed by atoms with Gasteiger partial charge in [0, 0.05) is 12.1 Å². The largest absolute Gasteiger partial charge is 0.496 e. The molecule has 0 saturated heterocycles. The summed E-state index contributed by atoms with van der Waals surface area (Å²) in [6.07, 6.45) is 1.25. The second-order valence-electron chi connectivity index (χ2n) is 4.89. The standard InChI is InChI=1S/C12H15NO2.C7H8.CH2O/c1-4-12(14)13-8-10-7-9(2)5-6-11(10)15-3;1-7-5-3-2-4-6-7;1-2/h4-7H,1,8H2,2-3H3,(H,13,14);2-6H,1H3;1H2. The third kappa shape index (κ3) is 8.54. The lowest BCUT2D eigenvalue weighted by Crippen LogP contribution is -2.20. The molecule has 0 aliphatic carbocycles. The Hall–Kier alpha value is -2.88. The monoisotopic (exact) mass is 327 g/mol. The predicted molar refractivity (Wildman–Crippen MR) is 98.1 cm³/mol. The van der Waals surface area contributed by atoms with Gasteiger partial charge in [0.15, 0.2) is 0 Å². The normalized spacial score (nSPS) is 8.62. The van der Waals surface area contributed by atoms with Crippen molar-refractivity contribution in [1.29, 1.82) is 0 Å². The number of hydrogen-bond donors (Lipinski definition) is 1. The van der Waals surface area contributed by atoms with E-state index < -0.39 is 0 Å². The van der Waals surface area contributed by atoms with Crippen LogP contribution < -0.4 is 10.1 Å². The summed E-state index contributed by atoms with van der Waals surface area (Å²) in [5, 5.41) is 2.71. The Morgan fingerprint density at radius 1 is 1.08 bits per heavy atom. The fourth-order valence-electron chi connectivity index (χ4n) is 1.83. The highest BCUT2D eigenvalue weighted by Gasteiger charge is 2.03. The Morgan fingerprint density at radius 2 is 1.71 bits per heavy atom. The van der Waals surface area contributed by atoms with Gasteiger partial charge in [-0.25, -0.2) is 0 Å². The molecule has 1 N–H and O–H groups in total. The highest BCUT2D eigenvalue weighted by atomic mass is 16.5. The van der Waals surface area contributed by atoms with E-state index >= 15 is 0 Å². The Bertz CT molecular complexity index is 624. The van der Waals surface area contributed by atoms with Crippen molar-refractivity contribution in [2.24, 2.45) is 0 Å². The number of nitrogens with one attached hydrogen (secondary N) is 1. The molecular weight excluding hydrogens is 302 g/mol. The second kappa shape index (κ2) is 12.6. The van der Waals surface area contributed by atoms with Crippen molar-refractivity contribution >= 4 is 12.7 Å². The van der Waals surface area contributed by atoms with E-state index in [1.54, 1.807) is 7.11 Å². The maximum absolute atomic E-state index is 11.0. The molecule has 2 aromatic rings. The number of carbonyl (C=O) groups is 2. The van der Waals surface area contributed by atoms with Crippen LogP contribution in [0.1, 0.15) is 16.7 Å². The SMILES string of the molecule is C=CC(=O)NCc1cc(C)ccc1OC.C=O.Cc1ccccc1. The molecule has 0 saturated carbocycles. The van der Waals surface area contributed by atoms with Crippen LogP contribution in [0.4, 0.5) is 0 Å². The molecular formula is C20H25NO3. The number of methoxy groups -OCH3 is 1. The molecule has 1 amide bonds. The molecule has 0 aliphatic heterocycles. The molecule has 24 heavy (non-hydrogen) atoms. The molecule has 128 valence electrons. The molecule has 0 spiro atoms. The van der Waals surface area contributed by atoms with Crippen LogP contribution in [0.25, 0.3) is 0 Å². The molecule has 0 atom stereocenters. The lowest BCUT2D eigenvalue weighted by Gasteiger charge is -2.09. The lowest BCUT2D eigenvalue weighted by atomic mass is 10.1. The topological polar surface area (TPSA) is 55.4 Å². The minimum Gasteiger partial charge on any atom is -0.496 e. The number of amides is 1. The maximum Gasteiger partial charge on any atom is 0.243 e. The number of carbonyl (C=O) groups excluding carboxylic acids is 2. The zero-order valence-electron chi connectivity index (χ0n) is 14.5. The van der Waals surface area contributed by atoms with Crippen molar-refractivity contribution in [1.82, 2.24) is 5.32 Å². The van der Waals surface area contributed by atoms with Crippen molar-refractivity contribution in [2.45, 2.75) is 20.4 Å². The zero-order valence-corrected chi connectivity index (χ0v) is 14.5. The van der Waals surface area contributed by atoms with Crippen LogP contribution in [0.2, 0.25) is 0 Å². The van der Waals surface area contributed by atoms with Gasteiger partial charge in [-0.05, 0) is 26.0 Å². The van der Waals surface area contributed by atoms with E-state index in [0.717, 1.165) is 16.9 Å². The summed E-state index contributed by atoms with van der Waals surface area (Å²) in [7, 11) is 1.61. The number of benzene rings is 2. The minimum atomic E-state index is -0.182. The molecule has 2 rings (SSSR count). The van der Waals surface area contributed by atoms with Crippen molar-refractivity contribution in [3.63, 3.8) is 0 Å². The summed E-state index contributed by atoms with van der Waals surface area (Å²) in [6.45, 7) is 9.93. The van der Waals surface area contributed by atoms with Gasteiger partial charge in [-0.2, -0.15) is 0 Å². The summed E-state index contributed by atoms with van der Waals surface area (Å²) >= 11 is 0. The molecule has 0 fully saturated rings. The van der Waals surface area contributed by atoms with Gasteiger partial charge in [0.25, 0.3) is 0 Å². The molecule has 0 heterocycles. The van der Waals surface area contributed by atoms with Crippen molar-refractivity contribution in [3.05, 3.63) is 77.9 Å². The number of hydrogen-bond acceptors (Lipinski definition) is 3. The van der Waals surface area contributed by atoms with Crippen LogP contribution >= 0.6 is 0 Å². The van der Waals surface area contributed by atoms with Crippen LogP contribution in [0.5, 0.6) is 5.75 Å². The third-order valence-corrected chi connectivity index (χ3v) is 3.01. The average molecular weight is 327 g/mol. The fourth-order valence-corrected chi connectivity index (χ4v) is 1.83. The van der Waals surface area contributed by atoms with Crippen LogP contribution in [0.3, 0.4) is 0 Å².